The zero-order chi connectivity index (χ0) is 12.7. The van der Waals surface area contributed by atoms with Crippen LogP contribution in [0.15, 0.2) is 0 Å². The predicted molar refractivity (Wildman–Crippen MR) is 66.9 cm³/mol. The van der Waals surface area contributed by atoms with Gasteiger partial charge in [0.25, 0.3) is 0 Å². The van der Waals surface area contributed by atoms with Crippen molar-refractivity contribution in [1.29, 1.82) is 0 Å². The van der Waals surface area contributed by atoms with E-state index in [2.05, 4.69) is 6.92 Å². The molecule has 0 aromatic heterocycles. The van der Waals surface area contributed by atoms with Crippen LogP contribution in [0.25, 0.3) is 0 Å². The summed E-state index contributed by atoms with van der Waals surface area (Å²) in [5.74, 6) is 0.818. The van der Waals surface area contributed by atoms with Crippen LogP contribution < -0.4 is 0 Å². The van der Waals surface area contributed by atoms with Crippen molar-refractivity contribution in [1.82, 2.24) is 4.90 Å². The fourth-order valence-electron chi connectivity index (χ4n) is 2.36. The Morgan fingerprint density at radius 3 is 2.76 bits per heavy atom. The second-order valence-corrected chi connectivity index (χ2v) is 4.98. The van der Waals surface area contributed by atoms with Gasteiger partial charge in [-0.3, -0.25) is 4.79 Å². The molecule has 1 amide bonds. The van der Waals surface area contributed by atoms with Crippen LogP contribution in [0.5, 0.6) is 0 Å². The fraction of sp³-hybridized carbons (Fsp3) is 0.923. The largest absolute Gasteiger partial charge is 0.382 e. The minimum absolute atomic E-state index is 0.0835. The number of amides is 1. The number of rotatable bonds is 6. The Bertz CT molecular complexity index is 233. The summed E-state index contributed by atoms with van der Waals surface area (Å²) in [6, 6.07) is 0.400. The molecule has 100 valence electrons. The standard InChI is InChI=1S/C13H25NO3/c1-11-5-4-6-12(9-11)14(2)13(15)10-17-8-7-16-3/h11-12H,4-10H2,1-3H3. The minimum Gasteiger partial charge on any atom is -0.382 e. The van der Waals surface area contributed by atoms with Gasteiger partial charge in [0.1, 0.15) is 6.61 Å². The Morgan fingerprint density at radius 1 is 1.35 bits per heavy atom. The molecular weight excluding hydrogens is 218 g/mol. The SMILES string of the molecule is COCCOCC(=O)N(C)C1CCCC(C)C1. The first-order valence-corrected chi connectivity index (χ1v) is 6.47. The van der Waals surface area contributed by atoms with E-state index in [1.165, 1.54) is 12.8 Å². The molecule has 1 rings (SSSR count). The van der Waals surface area contributed by atoms with Crippen molar-refractivity contribution < 1.29 is 14.3 Å². The van der Waals surface area contributed by atoms with Crippen molar-refractivity contribution in [3.8, 4) is 0 Å². The molecule has 0 N–H and O–H groups in total. The molecular formula is C13H25NO3. The third kappa shape index (κ3) is 5.04. The van der Waals surface area contributed by atoms with Crippen molar-refractivity contribution in [2.45, 2.75) is 38.6 Å². The predicted octanol–water partition coefficient (Wildman–Crippen LogP) is 1.69. The number of hydrogen-bond donors (Lipinski definition) is 0. The second-order valence-electron chi connectivity index (χ2n) is 4.98. The molecule has 0 saturated heterocycles. The molecule has 1 fully saturated rings. The zero-order valence-corrected chi connectivity index (χ0v) is 11.3. The Morgan fingerprint density at radius 2 is 2.12 bits per heavy atom. The molecule has 1 aliphatic rings. The van der Waals surface area contributed by atoms with Gasteiger partial charge in [-0.1, -0.05) is 19.8 Å². The van der Waals surface area contributed by atoms with Crippen LogP contribution in [0.4, 0.5) is 0 Å². The maximum Gasteiger partial charge on any atom is 0.248 e. The zero-order valence-electron chi connectivity index (χ0n) is 11.3. The molecule has 0 radical (unpaired) electrons. The first kappa shape index (κ1) is 14.5. The number of nitrogens with zero attached hydrogens (tertiary/aromatic N) is 1. The highest BCUT2D eigenvalue weighted by Crippen LogP contribution is 2.26. The van der Waals surface area contributed by atoms with Crippen molar-refractivity contribution in [3.63, 3.8) is 0 Å². The molecule has 0 spiro atoms. The van der Waals surface area contributed by atoms with Crippen LogP contribution in [-0.4, -0.2) is 50.8 Å². The normalized spacial score (nSPS) is 24.6. The van der Waals surface area contributed by atoms with Crippen molar-refractivity contribution in [2.75, 3.05) is 34.0 Å². The highest BCUT2D eigenvalue weighted by molar-refractivity contribution is 5.77. The molecule has 4 nitrogen and oxygen atoms in total. The lowest BCUT2D eigenvalue weighted by atomic mass is 9.86. The molecule has 0 aliphatic heterocycles. The van der Waals surface area contributed by atoms with Gasteiger partial charge in [-0.05, 0) is 18.8 Å². The first-order valence-electron chi connectivity index (χ1n) is 6.47. The molecule has 17 heavy (non-hydrogen) atoms. The van der Waals surface area contributed by atoms with Crippen LogP contribution in [0.3, 0.4) is 0 Å². The Balaban J connectivity index is 2.25. The van der Waals surface area contributed by atoms with E-state index < -0.39 is 0 Å². The van der Waals surface area contributed by atoms with E-state index in [1.807, 2.05) is 11.9 Å². The Kier molecular flexibility index (Phi) is 6.52. The summed E-state index contributed by atoms with van der Waals surface area (Å²) in [5, 5.41) is 0. The third-order valence-corrected chi connectivity index (χ3v) is 3.51. The van der Waals surface area contributed by atoms with Gasteiger partial charge >= 0.3 is 0 Å². The van der Waals surface area contributed by atoms with E-state index in [0.717, 1.165) is 18.8 Å². The van der Waals surface area contributed by atoms with E-state index >= 15 is 0 Å². The van der Waals surface area contributed by atoms with Gasteiger partial charge in [0.05, 0.1) is 13.2 Å². The van der Waals surface area contributed by atoms with E-state index in [9.17, 15) is 4.79 Å². The van der Waals surface area contributed by atoms with Gasteiger partial charge in [-0.25, -0.2) is 0 Å². The number of carbonyl (C=O) groups is 1. The van der Waals surface area contributed by atoms with E-state index in [0.29, 0.717) is 19.3 Å². The highest BCUT2D eigenvalue weighted by Gasteiger charge is 2.25. The molecule has 2 unspecified atom stereocenters. The topological polar surface area (TPSA) is 38.8 Å². The summed E-state index contributed by atoms with van der Waals surface area (Å²) in [6.07, 6.45) is 4.78. The van der Waals surface area contributed by atoms with Crippen molar-refractivity contribution >= 4 is 5.91 Å². The van der Waals surface area contributed by atoms with Crippen molar-refractivity contribution in [3.05, 3.63) is 0 Å². The summed E-state index contributed by atoms with van der Waals surface area (Å²) < 4.78 is 10.1. The van der Waals surface area contributed by atoms with Crippen LogP contribution in [0, 0.1) is 5.92 Å². The summed E-state index contributed by atoms with van der Waals surface area (Å²) in [5.41, 5.74) is 0. The molecule has 4 heteroatoms. The number of likely N-dealkylation sites (N-methyl/N-ethyl adjacent to an activating group) is 1. The molecule has 1 saturated carbocycles. The second kappa shape index (κ2) is 7.67. The number of carbonyl (C=O) groups excluding carboxylic acids is 1. The Labute approximate surface area is 104 Å². The van der Waals surface area contributed by atoms with Gasteiger partial charge in [-0.2, -0.15) is 0 Å². The average molecular weight is 243 g/mol. The smallest absolute Gasteiger partial charge is 0.248 e. The maximum atomic E-state index is 11.9. The number of hydrogen-bond acceptors (Lipinski definition) is 3. The summed E-state index contributed by atoms with van der Waals surface area (Å²) in [4.78, 5) is 13.7. The summed E-state index contributed by atoms with van der Waals surface area (Å²) in [6.45, 7) is 3.46. The lowest BCUT2D eigenvalue weighted by Crippen LogP contribution is -2.41. The van der Waals surface area contributed by atoms with E-state index in [1.54, 1.807) is 7.11 Å². The highest BCUT2D eigenvalue weighted by atomic mass is 16.5. The molecule has 0 heterocycles. The van der Waals surface area contributed by atoms with Gasteiger partial charge in [-0.15, -0.1) is 0 Å². The van der Waals surface area contributed by atoms with Gasteiger partial charge in [0.15, 0.2) is 0 Å². The van der Waals surface area contributed by atoms with Gasteiger partial charge in [0.2, 0.25) is 5.91 Å². The van der Waals surface area contributed by atoms with Crippen LogP contribution in [0.2, 0.25) is 0 Å². The lowest BCUT2D eigenvalue weighted by molar-refractivity contribution is -0.138. The minimum atomic E-state index is 0.0835. The van der Waals surface area contributed by atoms with Crippen LogP contribution in [-0.2, 0) is 14.3 Å². The Hall–Kier alpha value is -0.610. The first-order chi connectivity index (χ1) is 8.15. The maximum absolute atomic E-state index is 11.9. The molecule has 1 aliphatic carbocycles. The molecule has 0 bridgehead atoms. The number of methoxy groups -OCH3 is 1. The summed E-state index contributed by atoms with van der Waals surface area (Å²) >= 11 is 0. The molecule has 0 aromatic rings. The van der Waals surface area contributed by atoms with Gasteiger partial charge < -0.3 is 14.4 Å². The van der Waals surface area contributed by atoms with E-state index in [-0.39, 0.29) is 12.5 Å². The number of ether oxygens (including phenoxy) is 2. The monoisotopic (exact) mass is 243 g/mol. The fourth-order valence-corrected chi connectivity index (χ4v) is 2.36. The van der Waals surface area contributed by atoms with Crippen LogP contribution in [0.1, 0.15) is 32.6 Å². The van der Waals surface area contributed by atoms with Gasteiger partial charge in [0, 0.05) is 20.2 Å². The summed E-state index contributed by atoms with van der Waals surface area (Å²) in [7, 11) is 3.52. The average Bonchev–Trinajstić information content (AvgIpc) is 2.33. The molecule has 0 aromatic carbocycles. The van der Waals surface area contributed by atoms with Crippen LogP contribution >= 0.6 is 0 Å². The third-order valence-electron chi connectivity index (χ3n) is 3.51. The van der Waals surface area contributed by atoms with E-state index in [4.69, 9.17) is 9.47 Å². The molecule has 2 atom stereocenters. The van der Waals surface area contributed by atoms with Crippen molar-refractivity contribution in [2.24, 2.45) is 5.92 Å². The quantitative estimate of drug-likeness (QED) is 0.666. The lowest BCUT2D eigenvalue weighted by Gasteiger charge is -2.34.